The van der Waals surface area contributed by atoms with E-state index in [1.165, 1.54) is 0 Å². The van der Waals surface area contributed by atoms with Crippen molar-refractivity contribution in [1.29, 1.82) is 0 Å². The number of methoxy groups -OCH3 is 1. The minimum absolute atomic E-state index is 0.00120. The van der Waals surface area contributed by atoms with Crippen LogP contribution < -0.4 is 10.1 Å². The van der Waals surface area contributed by atoms with E-state index in [0.717, 1.165) is 10.0 Å². The number of carbonyl (C=O) groups excluding carboxylic acids is 1. The molecule has 2 N–H and O–H groups in total. The van der Waals surface area contributed by atoms with Gasteiger partial charge in [0.2, 0.25) is 0 Å². The van der Waals surface area contributed by atoms with Gasteiger partial charge in [0, 0.05) is 10.7 Å². The molecule has 4 nitrogen and oxygen atoms in total. The highest BCUT2D eigenvalue weighted by Crippen LogP contribution is 2.31. The van der Waals surface area contributed by atoms with Gasteiger partial charge in [0.25, 0.3) is 5.91 Å². The summed E-state index contributed by atoms with van der Waals surface area (Å²) in [6.07, 6.45) is 1.72. The first-order chi connectivity index (χ1) is 9.81. The fourth-order valence-electron chi connectivity index (χ4n) is 1.96. The van der Waals surface area contributed by atoms with E-state index in [2.05, 4.69) is 47.0 Å². The summed E-state index contributed by atoms with van der Waals surface area (Å²) >= 11 is 3.32. The van der Waals surface area contributed by atoms with E-state index in [4.69, 9.17) is 4.74 Å². The number of aromatic amines is 1. The summed E-state index contributed by atoms with van der Waals surface area (Å²) in [6, 6.07) is 7.57. The molecular formula is C16H19BrN2O2. The van der Waals surface area contributed by atoms with E-state index in [-0.39, 0.29) is 11.3 Å². The maximum absolute atomic E-state index is 12.2. The van der Waals surface area contributed by atoms with Crippen LogP contribution in [0.5, 0.6) is 5.75 Å². The van der Waals surface area contributed by atoms with Gasteiger partial charge < -0.3 is 15.0 Å². The molecule has 1 aromatic heterocycles. The molecule has 1 aromatic carbocycles. The van der Waals surface area contributed by atoms with Gasteiger partial charge in [0.05, 0.1) is 12.8 Å². The van der Waals surface area contributed by atoms with E-state index >= 15 is 0 Å². The first-order valence-corrected chi connectivity index (χ1v) is 7.44. The number of amides is 1. The molecule has 0 fully saturated rings. The molecule has 0 saturated heterocycles. The van der Waals surface area contributed by atoms with Gasteiger partial charge in [0.1, 0.15) is 11.4 Å². The van der Waals surface area contributed by atoms with E-state index in [1.807, 2.05) is 18.2 Å². The van der Waals surface area contributed by atoms with Crippen molar-refractivity contribution in [3.8, 4) is 5.75 Å². The van der Waals surface area contributed by atoms with Crippen LogP contribution >= 0.6 is 15.9 Å². The van der Waals surface area contributed by atoms with Crippen LogP contribution in [0.25, 0.3) is 0 Å². The molecule has 0 bridgehead atoms. The molecule has 5 heteroatoms. The molecule has 0 saturated carbocycles. The van der Waals surface area contributed by atoms with E-state index in [1.54, 1.807) is 19.4 Å². The second-order valence-corrected chi connectivity index (χ2v) is 6.77. The number of rotatable bonds is 3. The predicted molar refractivity (Wildman–Crippen MR) is 88.1 cm³/mol. The summed E-state index contributed by atoms with van der Waals surface area (Å²) in [5.41, 5.74) is 2.29. The average molecular weight is 351 g/mol. The number of aromatic nitrogens is 1. The lowest BCUT2D eigenvalue weighted by Crippen LogP contribution is -2.15. The molecule has 21 heavy (non-hydrogen) atoms. The third-order valence-electron chi connectivity index (χ3n) is 3.21. The van der Waals surface area contributed by atoms with Crippen LogP contribution in [-0.4, -0.2) is 18.0 Å². The smallest absolute Gasteiger partial charge is 0.272 e. The summed E-state index contributed by atoms with van der Waals surface area (Å²) in [5, 5.41) is 2.89. The maximum atomic E-state index is 12.2. The van der Waals surface area contributed by atoms with Crippen LogP contribution in [-0.2, 0) is 5.41 Å². The summed E-state index contributed by atoms with van der Waals surface area (Å²) in [7, 11) is 1.59. The lowest BCUT2D eigenvalue weighted by atomic mass is 9.87. The molecule has 1 heterocycles. The molecular weight excluding hydrogens is 332 g/mol. The minimum Gasteiger partial charge on any atom is -0.495 e. The van der Waals surface area contributed by atoms with Crippen LogP contribution in [0.1, 0.15) is 36.8 Å². The van der Waals surface area contributed by atoms with Gasteiger partial charge in [-0.25, -0.2) is 0 Å². The van der Waals surface area contributed by atoms with Gasteiger partial charge in [-0.2, -0.15) is 0 Å². The standard InChI is InChI=1S/C16H19BrN2O2/c1-16(2,3)10-5-6-14(21-4)12(7-10)19-15(20)13-8-11(17)9-18-13/h5-9,18H,1-4H3,(H,19,20). The normalized spacial score (nSPS) is 11.3. The van der Waals surface area contributed by atoms with Crippen molar-refractivity contribution in [2.24, 2.45) is 0 Å². The van der Waals surface area contributed by atoms with Crippen molar-refractivity contribution < 1.29 is 9.53 Å². The molecule has 0 unspecified atom stereocenters. The van der Waals surface area contributed by atoms with Crippen LogP contribution in [0.2, 0.25) is 0 Å². The average Bonchev–Trinajstić information content (AvgIpc) is 2.84. The fraction of sp³-hybridized carbons (Fsp3) is 0.312. The number of halogens is 1. The first kappa shape index (κ1) is 15.6. The minimum atomic E-state index is -0.204. The Bertz CT molecular complexity index is 657. The Kier molecular flexibility index (Phi) is 4.42. The van der Waals surface area contributed by atoms with Gasteiger partial charge >= 0.3 is 0 Å². The molecule has 112 valence electrons. The highest BCUT2D eigenvalue weighted by atomic mass is 79.9. The lowest BCUT2D eigenvalue weighted by Gasteiger charge is -2.21. The molecule has 0 aliphatic heterocycles. The molecule has 0 atom stereocenters. The lowest BCUT2D eigenvalue weighted by molar-refractivity contribution is 0.102. The number of hydrogen-bond donors (Lipinski definition) is 2. The third kappa shape index (κ3) is 3.67. The Balaban J connectivity index is 2.31. The highest BCUT2D eigenvalue weighted by Gasteiger charge is 2.17. The molecule has 2 rings (SSSR count). The highest BCUT2D eigenvalue weighted by molar-refractivity contribution is 9.10. The predicted octanol–water partition coefficient (Wildman–Crippen LogP) is 4.34. The van der Waals surface area contributed by atoms with Crippen LogP contribution in [0, 0.1) is 0 Å². The molecule has 0 aliphatic rings. The Hall–Kier alpha value is -1.75. The van der Waals surface area contributed by atoms with Crippen molar-refractivity contribution in [2.45, 2.75) is 26.2 Å². The number of anilines is 1. The zero-order valence-corrected chi connectivity index (χ0v) is 14.2. The second-order valence-electron chi connectivity index (χ2n) is 5.85. The maximum Gasteiger partial charge on any atom is 0.272 e. The van der Waals surface area contributed by atoms with Crippen molar-refractivity contribution in [2.75, 3.05) is 12.4 Å². The van der Waals surface area contributed by atoms with E-state index < -0.39 is 0 Å². The van der Waals surface area contributed by atoms with Gasteiger partial charge in [-0.1, -0.05) is 26.8 Å². The molecule has 1 amide bonds. The molecule has 2 aromatic rings. The monoisotopic (exact) mass is 350 g/mol. The van der Waals surface area contributed by atoms with Gasteiger partial charge in [-0.05, 0) is 45.1 Å². The van der Waals surface area contributed by atoms with Crippen molar-refractivity contribution >= 4 is 27.5 Å². The fourth-order valence-corrected chi connectivity index (χ4v) is 2.30. The first-order valence-electron chi connectivity index (χ1n) is 6.65. The Labute approximate surface area is 133 Å². The Morgan fingerprint density at radius 3 is 2.52 bits per heavy atom. The second kappa shape index (κ2) is 5.93. The zero-order chi connectivity index (χ0) is 15.6. The van der Waals surface area contributed by atoms with E-state index in [9.17, 15) is 4.79 Å². The number of H-pyrrole nitrogens is 1. The number of benzene rings is 1. The van der Waals surface area contributed by atoms with Crippen LogP contribution in [0.15, 0.2) is 34.9 Å². The van der Waals surface area contributed by atoms with Crippen molar-refractivity contribution in [3.05, 3.63) is 46.2 Å². The number of hydrogen-bond acceptors (Lipinski definition) is 2. The molecule has 0 aliphatic carbocycles. The van der Waals surface area contributed by atoms with Crippen molar-refractivity contribution in [1.82, 2.24) is 4.98 Å². The van der Waals surface area contributed by atoms with Crippen LogP contribution in [0.4, 0.5) is 5.69 Å². The molecule has 0 radical (unpaired) electrons. The van der Waals surface area contributed by atoms with Gasteiger partial charge in [-0.3, -0.25) is 4.79 Å². The summed E-state index contributed by atoms with van der Waals surface area (Å²) in [4.78, 5) is 15.1. The SMILES string of the molecule is COc1ccc(C(C)(C)C)cc1NC(=O)c1cc(Br)c[nH]1. The zero-order valence-electron chi connectivity index (χ0n) is 12.6. The van der Waals surface area contributed by atoms with Gasteiger partial charge in [0.15, 0.2) is 0 Å². The topological polar surface area (TPSA) is 54.1 Å². The third-order valence-corrected chi connectivity index (χ3v) is 3.66. The Morgan fingerprint density at radius 1 is 1.29 bits per heavy atom. The van der Waals surface area contributed by atoms with Crippen molar-refractivity contribution in [3.63, 3.8) is 0 Å². The molecule has 0 spiro atoms. The van der Waals surface area contributed by atoms with Crippen LogP contribution in [0.3, 0.4) is 0 Å². The Morgan fingerprint density at radius 2 is 2.00 bits per heavy atom. The number of nitrogens with one attached hydrogen (secondary N) is 2. The van der Waals surface area contributed by atoms with E-state index in [0.29, 0.717) is 17.1 Å². The number of ether oxygens (including phenoxy) is 1. The summed E-state index contributed by atoms with van der Waals surface area (Å²) in [6.45, 7) is 6.38. The quantitative estimate of drug-likeness (QED) is 0.865. The van der Waals surface area contributed by atoms with Gasteiger partial charge in [-0.15, -0.1) is 0 Å². The summed E-state index contributed by atoms with van der Waals surface area (Å²) < 4.78 is 6.16. The summed E-state index contributed by atoms with van der Waals surface area (Å²) in [5.74, 6) is 0.437. The largest absolute Gasteiger partial charge is 0.495 e. The number of carbonyl (C=O) groups is 1.